The minimum absolute atomic E-state index is 0.0783. The van der Waals surface area contributed by atoms with Crippen LogP contribution in [0.1, 0.15) is 5.56 Å². The number of halogens is 2. The van der Waals surface area contributed by atoms with E-state index in [0.717, 1.165) is 15.7 Å². The number of para-hydroxylation sites is 1. The minimum atomic E-state index is -4.35. The van der Waals surface area contributed by atoms with Crippen molar-refractivity contribution in [1.82, 2.24) is 0 Å². The van der Waals surface area contributed by atoms with Crippen LogP contribution in [0, 0.1) is 25.0 Å². The van der Waals surface area contributed by atoms with Gasteiger partial charge in [0.2, 0.25) is 0 Å². The molecule has 0 bridgehead atoms. The van der Waals surface area contributed by atoms with Crippen molar-refractivity contribution >= 4 is 72.0 Å². The molecule has 12 heteroatoms. The van der Waals surface area contributed by atoms with Gasteiger partial charge in [0.15, 0.2) is 5.75 Å². The SMILES string of the molecule is N#C/C(=C/c1ccc(OS(=O)(=O)c2cccc([N+](=O)[O-])c2)c(Br)c1)C(=O)Nc1ccccc1I. The number of benzene rings is 3. The predicted octanol–water partition coefficient (Wildman–Crippen LogP) is 5.28. The highest BCUT2D eigenvalue weighted by molar-refractivity contribution is 14.1. The van der Waals surface area contributed by atoms with E-state index in [0.29, 0.717) is 11.3 Å². The van der Waals surface area contributed by atoms with Gasteiger partial charge in [-0.25, -0.2) is 0 Å². The average Bonchev–Trinajstić information content (AvgIpc) is 2.80. The number of nitriles is 1. The van der Waals surface area contributed by atoms with Crippen molar-refractivity contribution in [1.29, 1.82) is 5.26 Å². The summed E-state index contributed by atoms with van der Waals surface area (Å²) < 4.78 is 31.3. The van der Waals surface area contributed by atoms with Gasteiger partial charge in [-0.1, -0.05) is 24.3 Å². The standard InChI is InChI=1S/C22H13BrIN3O6S/c23-18-11-14(10-15(13-25)22(28)26-20-7-2-1-6-19(20)24)8-9-21(18)33-34(31,32)17-5-3-4-16(12-17)27(29)30/h1-12H,(H,26,28)/b15-10-. The summed E-state index contributed by atoms with van der Waals surface area (Å²) in [6, 6.07) is 17.7. The topological polar surface area (TPSA) is 139 Å². The molecule has 0 spiro atoms. The molecular formula is C22H13BrIN3O6S. The monoisotopic (exact) mass is 653 g/mol. The summed E-state index contributed by atoms with van der Waals surface area (Å²) in [7, 11) is -4.35. The summed E-state index contributed by atoms with van der Waals surface area (Å²) in [4.78, 5) is 22.3. The van der Waals surface area contributed by atoms with Crippen molar-refractivity contribution < 1.29 is 22.3 Å². The van der Waals surface area contributed by atoms with Crippen molar-refractivity contribution in [3.05, 3.63) is 96.0 Å². The van der Waals surface area contributed by atoms with Gasteiger partial charge >= 0.3 is 10.1 Å². The van der Waals surface area contributed by atoms with Crippen LogP contribution in [0.25, 0.3) is 6.08 Å². The summed E-state index contributed by atoms with van der Waals surface area (Å²) in [6.45, 7) is 0. The number of hydrogen-bond donors (Lipinski definition) is 1. The fourth-order valence-electron chi connectivity index (χ4n) is 2.66. The number of rotatable bonds is 7. The van der Waals surface area contributed by atoms with Crippen LogP contribution in [-0.4, -0.2) is 19.2 Å². The first kappa shape index (κ1) is 25.3. The molecule has 172 valence electrons. The molecule has 1 N–H and O–H groups in total. The fourth-order valence-corrected chi connectivity index (χ4v) is 4.76. The Bertz CT molecular complexity index is 1470. The second-order valence-corrected chi connectivity index (χ2v) is 10.1. The highest BCUT2D eigenvalue weighted by Crippen LogP contribution is 2.30. The van der Waals surface area contributed by atoms with Gasteiger partial charge in [-0.3, -0.25) is 14.9 Å². The Balaban J connectivity index is 1.82. The zero-order valence-electron chi connectivity index (χ0n) is 16.9. The number of nitrogens with one attached hydrogen (secondary N) is 1. The van der Waals surface area contributed by atoms with Gasteiger partial charge in [-0.2, -0.15) is 13.7 Å². The normalized spacial score (nSPS) is 11.4. The molecular weight excluding hydrogens is 641 g/mol. The Morgan fingerprint density at radius 1 is 1.15 bits per heavy atom. The van der Waals surface area contributed by atoms with Gasteiger partial charge in [0.1, 0.15) is 16.5 Å². The third-order valence-electron chi connectivity index (χ3n) is 4.27. The summed E-state index contributed by atoms with van der Waals surface area (Å²) in [5, 5.41) is 23.0. The van der Waals surface area contributed by atoms with Crippen LogP contribution in [-0.2, 0) is 14.9 Å². The summed E-state index contributed by atoms with van der Waals surface area (Å²) in [5.41, 5.74) is 0.438. The number of carbonyl (C=O) groups is 1. The second kappa shape index (κ2) is 10.8. The number of non-ortho nitro benzene ring substituents is 1. The van der Waals surface area contributed by atoms with E-state index in [-0.39, 0.29) is 20.7 Å². The summed E-state index contributed by atoms with van der Waals surface area (Å²) in [5.74, 6) is -0.679. The maximum absolute atomic E-state index is 12.6. The number of nitro groups is 1. The van der Waals surface area contributed by atoms with Crippen molar-refractivity contribution in [2.24, 2.45) is 0 Å². The fraction of sp³-hybridized carbons (Fsp3) is 0. The maximum atomic E-state index is 12.6. The molecule has 0 heterocycles. The van der Waals surface area contributed by atoms with E-state index >= 15 is 0 Å². The van der Waals surface area contributed by atoms with Crippen LogP contribution < -0.4 is 9.50 Å². The van der Waals surface area contributed by atoms with Gasteiger partial charge in [-0.05, 0) is 80.5 Å². The molecule has 0 aliphatic rings. The summed E-state index contributed by atoms with van der Waals surface area (Å²) in [6.07, 6.45) is 1.34. The largest absolute Gasteiger partial charge is 0.378 e. The van der Waals surface area contributed by atoms with Crippen LogP contribution in [0.2, 0.25) is 0 Å². The molecule has 0 aromatic heterocycles. The van der Waals surface area contributed by atoms with E-state index in [9.17, 15) is 28.6 Å². The van der Waals surface area contributed by atoms with Crippen LogP contribution in [0.4, 0.5) is 11.4 Å². The lowest BCUT2D eigenvalue weighted by Crippen LogP contribution is -2.14. The molecule has 3 aromatic rings. The Morgan fingerprint density at radius 3 is 2.53 bits per heavy atom. The van der Waals surface area contributed by atoms with Gasteiger partial charge in [0.05, 0.1) is 15.1 Å². The van der Waals surface area contributed by atoms with E-state index in [1.54, 1.807) is 12.1 Å². The van der Waals surface area contributed by atoms with Gasteiger partial charge < -0.3 is 9.50 Å². The van der Waals surface area contributed by atoms with E-state index in [2.05, 4.69) is 43.8 Å². The molecule has 0 unspecified atom stereocenters. The number of hydrogen-bond acceptors (Lipinski definition) is 7. The molecule has 0 fully saturated rings. The molecule has 1 amide bonds. The van der Waals surface area contributed by atoms with Crippen molar-refractivity contribution in [3.8, 4) is 11.8 Å². The van der Waals surface area contributed by atoms with Crippen LogP contribution in [0.5, 0.6) is 5.75 Å². The Morgan fingerprint density at radius 2 is 1.88 bits per heavy atom. The second-order valence-electron chi connectivity index (χ2n) is 6.59. The first-order valence-corrected chi connectivity index (χ1v) is 12.5. The van der Waals surface area contributed by atoms with Crippen molar-refractivity contribution in [2.45, 2.75) is 4.90 Å². The molecule has 34 heavy (non-hydrogen) atoms. The first-order chi connectivity index (χ1) is 16.1. The van der Waals surface area contributed by atoms with E-state index in [1.807, 2.05) is 18.2 Å². The van der Waals surface area contributed by atoms with Crippen LogP contribution in [0.15, 0.2) is 81.7 Å². The lowest BCUT2D eigenvalue weighted by atomic mass is 10.1. The third kappa shape index (κ3) is 6.19. The number of nitro benzene ring substituents is 1. The highest BCUT2D eigenvalue weighted by Gasteiger charge is 2.21. The number of anilines is 1. The molecule has 9 nitrogen and oxygen atoms in total. The molecule has 0 saturated carbocycles. The number of nitrogens with zero attached hydrogens (tertiary/aromatic N) is 2. The zero-order chi connectivity index (χ0) is 24.9. The van der Waals surface area contributed by atoms with E-state index in [1.165, 1.54) is 36.4 Å². The zero-order valence-corrected chi connectivity index (χ0v) is 21.5. The smallest absolute Gasteiger partial charge is 0.339 e. The lowest BCUT2D eigenvalue weighted by molar-refractivity contribution is -0.385. The molecule has 3 aromatic carbocycles. The predicted molar refractivity (Wildman–Crippen MR) is 136 cm³/mol. The quantitative estimate of drug-likeness (QED) is 0.0914. The van der Waals surface area contributed by atoms with Crippen molar-refractivity contribution in [2.75, 3.05) is 5.32 Å². The number of amides is 1. The third-order valence-corrected chi connectivity index (χ3v) is 7.06. The minimum Gasteiger partial charge on any atom is -0.378 e. The summed E-state index contributed by atoms with van der Waals surface area (Å²) >= 11 is 5.27. The number of carbonyl (C=O) groups excluding carboxylic acids is 1. The Labute approximate surface area is 216 Å². The molecule has 0 atom stereocenters. The van der Waals surface area contributed by atoms with Crippen molar-refractivity contribution in [3.63, 3.8) is 0 Å². The molecule has 0 saturated heterocycles. The molecule has 0 aliphatic carbocycles. The van der Waals surface area contributed by atoms with Crippen LogP contribution in [0.3, 0.4) is 0 Å². The Kier molecular flexibility index (Phi) is 8.02. The molecule has 3 rings (SSSR count). The molecule has 0 aliphatic heterocycles. The first-order valence-electron chi connectivity index (χ1n) is 9.27. The van der Waals surface area contributed by atoms with Crippen LogP contribution >= 0.6 is 38.5 Å². The van der Waals surface area contributed by atoms with Gasteiger partial charge in [-0.15, -0.1) is 0 Å². The highest BCUT2D eigenvalue weighted by atomic mass is 127. The van der Waals surface area contributed by atoms with Gasteiger partial charge in [0, 0.05) is 15.7 Å². The molecule has 0 radical (unpaired) electrons. The average molecular weight is 654 g/mol. The van der Waals surface area contributed by atoms with Gasteiger partial charge in [0.25, 0.3) is 11.6 Å². The lowest BCUT2D eigenvalue weighted by Gasteiger charge is -2.10. The maximum Gasteiger partial charge on any atom is 0.339 e. The van der Waals surface area contributed by atoms with E-state index in [4.69, 9.17) is 4.18 Å². The Hall–Kier alpha value is -3.28. The van der Waals surface area contributed by atoms with E-state index < -0.39 is 26.6 Å².